The number of benzene rings is 1. The Morgan fingerprint density at radius 3 is 2.47 bits per heavy atom. The van der Waals surface area contributed by atoms with E-state index in [1.807, 2.05) is 6.07 Å². The number of aromatic nitrogens is 1. The van der Waals surface area contributed by atoms with Crippen LogP contribution in [0.5, 0.6) is 5.75 Å². The lowest BCUT2D eigenvalue weighted by molar-refractivity contribution is 0.0989. The van der Waals surface area contributed by atoms with Crippen LogP contribution in [0.25, 0.3) is 0 Å². The van der Waals surface area contributed by atoms with Crippen LogP contribution in [0.4, 0.5) is 0 Å². The summed E-state index contributed by atoms with van der Waals surface area (Å²) in [6, 6.07) is 12.0. The first kappa shape index (κ1) is 13.6. The van der Waals surface area contributed by atoms with Gasteiger partial charge in [0, 0.05) is 11.9 Å². The second kappa shape index (κ2) is 6.34. The monoisotopic (exact) mass is 341 g/mol. The Balaban J connectivity index is 0.00000144. The minimum absolute atomic E-state index is 0. The highest BCUT2D eigenvalue weighted by molar-refractivity contribution is 14.0. The molecule has 1 heterocycles. The maximum atomic E-state index is 11.8. The molecule has 0 spiro atoms. The number of ketones is 1. The Labute approximate surface area is 117 Å². The maximum absolute atomic E-state index is 11.8. The Morgan fingerprint density at radius 1 is 1.12 bits per heavy atom. The molecule has 0 atom stereocenters. The Morgan fingerprint density at radius 2 is 1.82 bits per heavy atom. The molecule has 0 fully saturated rings. The lowest BCUT2D eigenvalue weighted by Crippen LogP contribution is -2.04. The predicted molar refractivity (Wildman–Crippen MR) is 75.8 cm³/mol. The van der Waals surface area contributed by atoms with Gasteiger partial charge in [-0.05, 0) is 24.3 Å². The summed E-state index contributed by atoms with van der Waals surface area (Å²) >= 11 is 0. The molecule has 88 valence electrons. The molecule has 17 heavy (non-hydrogen) atoms. The van der Waals surface area contributed by atoms with Crippen molar-refractivity contribution in [2.24, 2.45) is 0 Å². The standard InChI is InChI=1S/C13H11NO2.HI/c15-12-7-2-1-6-11(12)13(16)9-10-5-3-4-8-14-10;/h1-8,15H,9H2;1H. The summed E-state index contributed by atoms with van der Waals surface area (Å²) in [4.78, 5) is 15.9. The van der Waals surface area contributed by atoms with Gasteiger partial charge in [-0.15, -0.1) is 24.0 Å². The number of nitrogens with zero attached hydrogens (tertiary/aromatic N) is 1. The van der Waals surface area contributed by atoms with E-state index < -0.39 is 0 Å². The highest BCUT2D eigenvalue weighted by Gasteiger charge is 2.11. The largest absolute Gasteiger partial charge is 0.507 e. The number of carbonyl (C=O) groups is 1. The molecular weight excluding hydrogens is 329 g/mol. The van der Waals surface area contributed by atoms with Crippen LogP contribution in [-0.4, -0.2) is 15.9 Å². The van der Waals surface area contributed by atoms with Crippen LogP contribution < -0.4 is 0 Å². The van der Waals surface area contributed by atoms with E-state index in [2.05, 4.69) is 4.98 Å². The summed E-state index contributed by atoms with van der Waals surface area (Å²) in [5.41, 5.74) is 1.05. The molecule has 0 bridgehead atoms. The van der Waals surface area contributed by atoms with Gasteiger partial charge in [-0.2, -0.15) is 0 Å². The quantitative estimate of drug-likeness (QED) is 0.690. The van der Waals surface area contributed by atoms with Crippen molar-refractivity contribution in [1.82, 2.24) is 4.98 Å². The van der Waals surface area contributed by atoms with Crippen LogP contribution in [-0.2, 0) is 6.42 Å². The second-order valence-electron chi connectivity index (χ2n) is 3.44. The number of Topliss-reactive ketones (excluding diaryl/α,β-unsaturated/α-hetero) is 1. The van der Waals surface area contributed by atoms with Gasteiger partial charge in [-0.25, -0.2) is 0 Å². The fourth-order valence-corrected chi connectivity index (χ4v) is 1.47. The zero-order valence-electron chi connectivity index (χ0n) is 9.04. The molecule has 3 nitrogen and oxygen atoms in total. The van der Waals surface area contributed by atoms with Crippen molar-refractivity contribution in [3.8, 4) is 5.75 Å². The number of hydrogen-bond acceptors (Lipinski definition) is 3. The molecule has 1 aromatic heterocycles. The Bertz CT molecular complexity index is 500. The van der Waals surface area contributed by atoms with Gasteiger partial charge in [0.15, 0.2) is 5.78 Å². The number of carbonyl (C=O) groups excluding carboxylic acids is 1. The number of halogens is 1. The lowest BCUT2D eigenvalue weighted by atomic mass is 10.1. The minimum Gasteiger partial charge on any atom is -0.507 e. The summed E-state index contributed by atoms with van der Waals surface area (Å²) in [6.07, 6.45) is 1.85. The number of rotatable bonds is 3. The number of hydrogen-bond donors (Lipinski definition) is 1. The second-order valence-corrected chi connectivity index (χ2v) is 3.44. The molecular formula is C13H12INO2. The lowest BCUT2D eigenvalue weighted by Gasteiger charge is -2.02. The van der Waals surface area contributed by atoms with Gasteiger partial charge in [0.2, 0.25) is 0 Å². The number of aromatic hydroxyl groups is 1. The third kappa shape index (κ3) is 3.52. The molecule has 0 amide bonds. The Hall–Kier alpha value is -1.43. The van der Waals surface area contributed by atoms with Crippen molar-refractivity contribution in [3.05, 3.63) is 59.9 Å². The van der Waals surface area contributed by atoms with Gasteiger partial charge in [-0.3, -0.25) is 9.78 Å². The SMILES string of the molecule is I.O=C(Cc1ccccn1)c1ccccc1O. The molecule has 1 N–H and O–H groups in total. The summed E-state index contributed by atoms with van der Waals surface area (Å²) in [5, 5.41) is 9.52. The van der Waals surface area contributed by atoms with Crippen molar-refractivity contribution in [2.75, 3.05) is 0 Å². The topological polar surface area (TPSA) is 50.2 Å². The molecule has 0 saturated carbocycles. The van der Waals surface area contributed by atoms with Crippen molar-refractivity contribution in [1.29, 1.82) is 0 Å². The smallest absolute Gasteiger partial charge is 0.172 e. The highest BCUT2D eigenvalue weighted by Crippen LogP contribution is 2.17. The molecule has 2 aromatic rings. The normalized spacial score (nSPS) is 9.41. The van der Waals surface area contributed by atoms with E-state index in [9.17, 15) is 9.90 Å². The average molecular weight is 341 g/mol. The summed E-state index contributed by atoms with van der Waals surface area (Å²) in [5.74, 6) is -0.111. The van der Waals surface area contributed by atoms with Crippen molar-refractivity contribution in [3.63, 3.8) is 0 Å². The number of phenols is 1. The molecule has 0 aliphatic rings. The molecule has 0 saturated heterocycles. The van der Waals surface area contributed by atoms with Crippen LogP contribution in [0.3, 0.4) is 0 Å². The number of phenolic OH excluding ortho intramolecular Hbond substituents is 1. The van der Waals surface area contributed by atoms with Crippen LogP contribution >= 0.6 is 24.0 Å². The number of pyridine rings is 1. The first-order valence-electron chi connectivity index (χ1n) is 4.98. The van der Waals surface area contributed by atoms with Crippen molar-refractivity contribution < 1.29 is 9.90 Å². The van der Waals surface area contributed by atoms with Gasteiger partial charge in [0.1, 0.15) is 5.75 Å². The molecule has 4 heteroatoms. The van der Waals surface area contributed by atoms with Gasteiger partial charge in [-0.1, -0.05) is 18.2 Å². The molecule has 2 rings (SSSR count). The zero-order chi connectivity index (χ0) is 11.4. The molecule has 0 aliphatic carbocycles. The highest BCUT2D eigenvalue weighted by atomic mass is 127. The van der Waals surface area contributed by atoms with Gasteiger partial charge in [0.05, 0.1) is 12.0 Å². The van der Waals surface area contributed by atoms with E-state index in [0.29, 0.717) is 11.3 Å². The van der Waals surface area contributed by atoms with Crippen LogP contribution in [0.15, 0.2) is 48.7 Å². The molecule has 0 aliphatic heterocycles. The Kier molecular flexibility index (Phi) is 5.09. The zero-order valence-corrected chi connectivity index (χ0v) is 11.4. The first-order chi connectivity index (χ1) is 7.77. The fourth-order valence-electron chi connectivity index (χ4n) is 1.47. The molecule has 1 aromatic carbocycles. The van der Waals surface area contributed by atoms with E-state index >= 15 is 0 Å². The molecule has 0 radical (unpaired) electrons. The fraction of sp³-hybridized carbons (Fsp3) is 0.0769. The van der Waals surface area contributed by atoms with E-state index in [0.717, 1.165) is 0 Å². The van der Waals surface area contributed by atoms with Gasteiger partial charge < -0.3 is 5.11 Å². The van der Waals surface area contributed by atoms with Crippen molar-refractivity contribution >= 4 is 29.8 Å². The number of para-hydroxylation sites is 1. The van der Waals surface area contributed by atoms with Crippen molar-refractivity contribution in [2.45, 2.75) is 6.42 Å². The van der Waals surface area contributed by atoms with Gasteiger partial charge >= 0.3 is 0 Å². The average Bonchev–Trinajstić information content (AvgIpc) is 2.31. The van der Waals surface area contributed by atoms with Gasteiger partial charge in [0.25, 0.3) is 0 Å². The summed E-state index contributed by atoms with van der Waals surface area (Å²) in [7, 11) is 0. The third-order valence-corrected chi connectivity index (χ3v) is 2.27. The minimum atomic E-state index is -0.128. The van der Waals surface area contributed by atoms with Crippen LogP contribution in [0, 0.1) is 0 Å². The first-order valence-corrected chi connectivity index (χ1v) is 4.98. The van der Waals surface area contributed by atoms with Crippen LogP contribution in [0.2, 0.25) is 0 Å². The maximum Gasteiger partial charge on any atom is 0.172 e. The molecule has 0 unspecified atom stereocenters. The van der Waals surface area contributed by atoms with E-state index in [-0.39, 0.29) is 41.9 Å². The van der Waals surface area contributed by atoms with Crippen LogP contribution in [0.1, 0.15) is 16.1 Å². The summed E-state index contributed by atoms with van der Waals surface area (Å²) < 4.78 is 0. The van der Waals surface area contributed by atoms with E-state index in [1.54, 1.807) is 36.5 Å². The third-order valence-electron chi connectivity index (χ3n) is 2.27. The predicted octanol–water partition coefficient (Wildman–Crippen LogP) is 2.83. The summed E-state index contributed by atoms with van der Waals surface area (Å²) in [6.45, 7) is 0. The van der Waals surface area contributed by atoms with E-state index in [1.165, 1.54) is 6.07 Å². The van der Waals surface area contributed by atoms with E-state index in [4.69, 9.17) is 0 Å².